The molecule has 0 bridgehead atoms. The van der Waals surface area contributed by atoms with E-state index in [2.05, 4.69) is 29.4 Å². The molecule has 1 heterocycles. The first-order valence-electron chi connectivity index (χ1n) is 5.61. The Balaban J connectivity index is 1.93. The van der Waals surface area contributed by atoms with Gasteiger partial charge in [0, 0.05) is 12.4 Å². The first-order valence-corrected chi connectivity index (χ1v) is 6.76. The van der Waals surface area contributed by atoms with Crippen LogP contribution >= 0.6 is 11.8 Å². The van der Waals surface area contributed by atoms with Crippen molar-refractivity contribution in [1.82, 2.24) is 10.3 Å². The van der Waals surface area contributed by atoms with Crippen LogP contribution in [-0.4, -0.2) is 29.6 Å². The molecular formula is C12H20N2S. The van der Waals surface area contributed by atoms with Gasteiger partial charge in [0.1, 0.15) is 0 Å². The molecule has 1 aromatic heterocycles. The molecule has 0 saturated carbocycles. The highest BCUT2D eigenvalue weighted by Crippen LogP contribution is 1.99. The molecule has 0 fully saturated rings. The van der Waals surface area contributed by atoms with E-state index in [-0.39, 0.29) is 0 Å². The van der Waals surface area contributed by atoms with E-state index in [9.17, 15) is 0 Å². The van der Waals surface area contributed by atoms with E-state index in [0.717, 1.165) is 19.5 Å². The number of nitrogens with zero attached hydrogens (tertiary/aromatic N) is 1. The summed E-state index contributed by atoms with van der Waals surface area (Å²) < 4.78 is 0. The predicted octanol–water partition coefficient (Wildman–Crippen LogP) is 2.36. The number of hydrogen-bond donors (Lipinski definition) is 1. The zero-order valence-electron chi connectivity index (χ0n) is 9.41. The van der Waals surface area contributed by atoms with Crippen molar-refractivity contribution in [3.05, 3.63) is 30.1 Å². The lowest BCUT2D eigenvalue weighted by Crippen LogP contribution is -2.19. The molecule has 0 spiro atoms. The number of pyridine rings is 1. The number of nitrogens with one attached hydrogen (secondary N) is 1. The topological polar surface area (TPSA) is 24.9 Å². The van der Waals surface area contributed by atoms with E-state index in [0.29, 0.717) is 0 Å². The highest BCUT2D eigenvalue weighted by molar-refractivity contribution is 7.99. The van der Waals surface area contributed by atoms with Crippen LogP contribution in [0.2, 0.25) is 0 Å². The highest BCUT2D eigenvalue weighted by atomic mass is 32.2. The number of rotatable bonds is 8. The van der Waals surface area contributed by atoms with E-state index < -0.39 is 0 Å². The quantitative estimate of drug-likeness (QED) is 0.686. The maximum absolute atomic E-state index is 4.00. The lowest BCUT2D eigenvalue weighted by Gasteiger charge is -2.04. The van der Waals surface area contributed by atoms with Gasteiger partial charge < -0.3 is 5.32 Å². The molecule has 2 nitrogen and oxygen atoms in total. The van der Waals surface area contributed by atoms with Crippen LogP contribution in [0, 0.1) is 0 Å². The lowest BCUT2D eigenvalue weighted by molar-refractivity contribution is 0.674. The van der Waals surface area contributed by atoms with Crippen molar-refractivity contribution in [3.63, 3.8) is 0 Å². The summed E-state index contributed by atoms with van der Waals surface area (Å²) >= 11 is 2.01. The molecule has 3 heteroatoms. The fourth-order valence-corrected chi connectivity index (χ4v) is 1.99. The fourth-order valence-electron chi connectivity index (χ4n) is 1.35. The van der Waals surface area contributed by atoms with Gasteiger partial charge >= 0.3 is 0 Å². The van der Waals surface area contributed by atoms with Gasteiger partial charge in [-0.1, -0.05) is 6.92 Å². The molecule has 0 radical (unpaired) electrons. The second kappa shape index (κ2) is 8.74. The number of thioether (sulfide) groups is 1. The van der Waals surface area contributed by atoms with E-state index in [1.165, 1.54) is 23.5 Å². The summed E-state index contributed by atoms with van der Waals surface area (Å²) in [5.41, 5.74) is 1.36. The number of aromatic nitrogens is 1. The molecule has 0 amide bonds. The Morgan fingerprint density at radius 1 is 1.27 bits per heavy atom. The lowest BCUT2D eigenvalue weighted by atomic mass is 10.2. The molecular weight excluding hydrogens is 204 g/mol. The second-order valence-electron chi connectivity index (χ2n) is 3.41. The smallest absolute Gasteiger partial charge is 0.0270 e. The third kappa shape index (κ3) is 6.52. The van der Waals surface area contributed by atoms with E-state index in [1.807, 2.05) is 24.2 Å². The summed E-state index contributed by atoms with van der Waals surface area (Å²) in [6, 6.07) is 4.16. The van der Waals surface area contributed by atoms with Gasteiger partial charge in [-0.3, -0.25) is 4.98 Å². The minimum Gasteiger partial charge on any atom is -0.316 e. The van der Waals surface area contributed by atoms with Gasteiger partial charge in [-0.15, -0.1) is 0 Å². The zero-order chi connectivity index (χ0) is 10.8. The van der Waals surface area contributed by atoms with Crippen molar-refractivity contribution in [2.75, 3.05) is 24.6 Å². The van der Waals surface area contributed by atoms with Gasteiger partial charge in [-0.25, -0.2) is 0 Å². The monoisotopic (exact) mass is 224 g/mol. The minimum atomic E-state index is 1.07. The van der Waals surface area contributed by atoms with Crippen molar-refractivity contribution in [1.29, 1.82) is 0 Å². The predicted molar refractivity (Wildman–Crippen MR) is 68.4 cm³/mol. The van der Waals surface area contributed by atoms with Crippen LogP contribution in [0.4, 0.5) is 0 Å². The summed E-state index contributed by atoms with van der Waals surface area (Å²) in [6.07, 6.45) is 6.08. The minimum absolute atomic E-state index is 1.07. The molecule has 0 unspecified atom stereocenters. The molecule has 1 N–H and O–H groups in total. The van der Waals surface area contributed by atoms with Crippen LogP contribution in [0.1, 0.15) is 18.9 Å². The Bertz CT molecular complexity index is 239. The van der Waals surface area contributed by atoms with Crippen LogP contribution in [0.25, 0.3) is 0 Å². The summed E-state index contributed by atoms with van der Waals surface area (Å²) in [5.74, 6) is 2.51. The molecule has 0 aromatic carbocycles. The Morgan fingerprint density at radius 3 is 2.80 bits per heavy atom. The van der Waals surface area contributed by atoms with Crippen LogP contribution in [0.15, 0.2) is 24.5 Å². The first-order chi connectivity index (χ1) is 7.43. The van der Waals surface area contributed by atoms with E-state index in [4.69, 9.17) is 0 Å². The van der Waals surface area contributed by atoms with Crippen LogP contribution in [0.5, 0.6) is 0 Å². The first kappa shape index (κ1) is 12.5. The van der Waals surface area contributed by atoms with E-state index >= 15 is 0 Å². The normalized spacial score (nSPS) is 10.5. The number of hydrogen-bond acceptors (Lipinski definition) is 3. The molecule has 15 heavy (non-hydrogen) atoms. The summed E-state index contributed by atoms with van der Waals surface area (Å²) in [4.78, 5) is 4.00. The summed E-state index contributed by atoms with van der Waals surface area (Å²) in [5, 5.41) is 3.46. The molecule has 84 valence electrons. The van der Waals surface area contributed by atoms with Gasteiger partial charge in [0.05, 0.1) is 0 Å². The summed E-state index contributed by atoms with van der Waals surface area (Å²) in [6.45, 7) is 4.42. The van der Waals surface area contributed by atoms with Gasteiger partial charge in [-0.2, -0.15) is 11.8 Å². The Labute approximate surface area is 96.9 Å². The van der Waals surface area contributed by atoms with Crippen LogP contribution in [0.3, 0.4) is 0 Å². The van der Waals surface area contributed by atoms with Gasteiger partial charge in [0.25, 0.3) is 0 Å². The molecule has 0 aliphatic rings. The summed E-state index contributed by atoms with van der Waals surface area (Å²) in [7, 11) is 0. The Morgan fingerprint density at radius 2 is 2.07 bits per heavy atom. The van der Waals surface area contributed by atoms with Crippen molar-refractivity contribution in [2.45, 2.75) is 19.8 Å². The maximum Gasteiger partial charge on any atom is 0.0270 e. The maximum atomic E-state index is 4.00. The molecule has 0 aliphatic heterocycles. The van der Waals surface area contributed by atoms with Crippen molar-refractivity contribution < 1.29 is 0 Å². The molecule has 1 aromatic rings. The van der Waals surface area contributed by atoms with Crippen LogP contribution in [-0.2, 0) is 6.42 Å². The second-order valence-corrected chi connectivity index (χ2v) is 4.80. The van der Waals surface area contributed by atoms with Gasteiger partial charge in [-0.05, 0) is 55.1 Å². The molecule has 0 saturated heterocycles. The standard InChI is InChI=1S/C12H20N2S/c1-2-15-11-3-7-13-8-4-12-5-9-14-10-6-12/h5-6,9-10,13H,2-4,7-8,11H2,1H3. The van der Waals surface area contributed by atoms with Crippen molar-refractivity contribution in [3.8, 4) is 0 Å². The Hall–Kier alpha value is -0.540. The van der Waals surface area contributed by atoms with Crippen LogP contribution < -0.4 is 5.32 Å². The van der Waals surface area contributed by atoms with Crippen molar-refractivity contribution in [2.24, 2.45) is 0 Å². The average Bonchev–Trinajstić information content (AvgIpc) is 2.29. The fraction of sp³-hybridized carbons (Fsp3) is 0.583. The Kier molecular flexibility index (Phi) is 7.30. The SMILES string of the molecule is CCSCCCNCCc1ccncc1. The molecule has 0 atom stereocenters. The molecule has 0 aliphatic carbocycles. The van der Waals surface area contributed by atoms with Gasteiger partial charge in [0.15, 0.2) is 0 Å². The zero-order valence-corrected chi connectivity index (χ0v) is 10.2. The largest absolute Gasteiger partial charge is 0.316 e. The van der Waals surface area contributed by atoms with Crippen molar-refractivity contribution >= 4 is 11.8 Å². The van der Waals surface area contributed by atoms with E-state index in [1.54, 1.807) is 0 Å². The highest BCUT2D eigenvalue weighted by Gasteiger charge is 1.91. The third-order valence-corrected chi connectivity index (χ3v) is 3.17. The van der Waals surface area contributed by atoms with Gasteiger partial charge in [0.2, 0.25) is 0 Å². The third-order valence-electron chi connectivity index (χ3n) is 2.19. The average molecular weight is 224 g/mol. The molecule has 1 rings (SSSR count).